The molecule has 160 valence electrons. The van der Waals surface area contributed by atoms with Gasteiger partial charge in [-0.05, 0) is 55.7 Å². The van der Waals surface area contributed by atoms with Crippen LogP contribution >= 0.6 is 23.2 Å². The Labute approximate surface area is 187 Å². The average Bonchev–Trinajstić information content (AvgIpc) is 3.06. The highest BCUT2D eigenvalue weighted by Crippen LogP contribution is 2.64. The van der Waals surface area contributed by atoms with Crippen LogP contribution in [0.1, 0.15) is 19.3 Å². The first-order valence-electron chi connectivity index (χ1n) is 9.75. The highest BCUT2D eigenvalue weighted by Gasteiger charge is 2.70. The Hall–Kier alpha value is -2.77. The molecule has 0 saturated heterocycles. The number of nitrogens with one attached hydrogen (secondary N) is 1. The Bertz CT molecular complexity index is 1220. The third kappa shape index (κ3) is 3.42. The molecule has 31 heavy (non-hydrogen) atoms. The predicted octanol–water partition coefficient (Wildman–Crippen LogP) is 3.91. The maximum Gasteiger partial charge on any atom is 0.333 e. The molecule has 3 aliphatic carbocycles. The topological polar surface area (TPSA) is 65.3 Å². The van der Waals surface area contributed by atoms with Gasteiger partial charge in [0.05, 0.1) is 16.2 Å². The van der Waals surface area contributed by atoms with Crippen molar-refractivity contribution in [3.05, 3.63) is 81.2 Å². The zero-order chi connectivity index (χ0) is 21.8. The molecule has 0 spiro atoms. The van der Waals surface area contributed by atoms with Crippen molar-refractivity contribution in [1.29, 1.82) is 0 Å². The Balaban J connectivity index is 1.20. The minimum Gasteiger partial charge on any atom is -0.484 e. The van der Waals surface area contributed by atoms with E-state index in [4.69, 9.17) is 27.9 Å². The fourth-order valence-electron chi connectivity index (χ4n) is 4.71. The molecule has 0 radical (unpaired) electrons. The van der Waals surface area contributed by atoms with Crippen LogP contribution in [0.4, 0.5) is 4.39 Å². The third-order valence-electron chi connectivity index (χ3n) is 6.06. The molecule has 3 aliphatic rings. The van der Waals surface area contributed by atoms with E-state index in [-0.39, 0.29) is 40.1 Å². The van der Waals surface area contributed by atoms with Gasteiger partial charge in [-0.2, -0.15) is 0 Å². The lowest BCUT2D eigenvalue weighted by molar-refractivity contribution is -0.157. The number of halogens is 3. The van der Waals surface area contributed by atoms with Crippen LogP contribution in [0.3, 0.4) is 0 Å². The summed E-state index contributed by atoms with van der Waals surface area (Å²) < 4.78 is 22.1. The van der Waals surface area contributed by atoms with Gasteiger partial charge in [-0.3, -0.25) is 13.9 Å². The van der Waals surface area contributed by atoms with Crippen molar-refractivity contribution in [3.63, 3.8) is 0 Å². The van der Waals surface area contributed by atoms with Gasteiger partial charge in [0.1, 0.15) is 11.6 Å². The summed E-state index contributed by atoms with van der Waals surface area (Å²) in [5, 5.41) is 3.60. The first-order valence-corrected chi connectivity index (χ1v) is 10.5. The number of nitrogens with zero attached hydrogens (tertiary/aromatic N) is 2. The summed E-state index contributed by atoms with van der Waals surface area (Å²) in [6.45, 7) is -0.220. The number of carbonyl (C=O) groups is 1. The van der Waals surface area contributed by atoms with Crippen molar-refractivity contribution >= 4 is 29.1 Å². The predicted molar refractivity (Wildman–Crippen MR) is 115 cm³/mol. The van der Waals surface area contributed by atoms with Crippen molar-refractivity contribution in [3.8, 4) is 11.4 Å². The lowest BCUT2D eigenvalue weighted by atomic mass is 9.44. The van der Waals surface area contributed by atoms with E-state index in [2.05, 4.69) is 5.32 Å². The van der Waals surface area contributed by atoms with Gasteiger partial charge in [0.2, 0.25) is 0 Å². The van der Waals surface area contributed by atoms with E-state index in [1.807, 2.05) is 0 Å². The van der Waals surface area contributed by atoms with Crippen molar-refractivity contribution < 1.29 is 13.9 Å². The molecule has 0 atom stereocenters. The summed E-state index contributed by atoms with van der Waals surface area (Å²) >= 11 is 11.6. The van der Waals surface area contributed by atoms with E-state index >= 15 is 0 Å². The molecule has 3 saturated carbocycles. The van der Waals surface area contributed by atoms with Gasteiger partial charge in [0.25, 0.3) is 5.91 Å². The highest BCUT2D eigenvalue weighted by molar-refractivity contribution is 6.31. The van der Waals surface area contributed by atoms with E-state index < -0.39 is 5.82 Å². The molecule has 2 aromatic carbocycles. The molecule has 3 fully saturated rings. The summed E-state index contributed by atoms with van der Waals surface area (Å²) in [6, 6.07) is 11.1. The summed E-state index contributed by atoms with van der Waals surface area (Å²) in [6.07, 6.45) is 5.60. The first kappa shape index (κ1) is 20.2. The number of rotatable bonds is 6. The molecule has 1 aromatic heterocycles. The normalized spacial score (nSPS) is 23.6. The van der Waals surface area contributed by atoms with Gasteiger partial charge in [0.15, 0.2) is 6.61 Å². The Morgan fingerprint density at radius 3 is 2.48 bits per heavy atom. The number of carbonyl (C=O) groups excluding carboxylic acids is 1. The van der Waals surface area contributed by atoms with Crippen LogP contribution in [0, 0.1) is 5.82 Å². The van der Waals surface area contributed by atoms with Crippen molar-refractivity contribution in [2.24, 2.45) is 0 Å². The zero-order valence-corrected chi connectivity index (χ0v) is 17.8. The summed E-state index contributed by atoms with van der Waals surface area (Å²) in [7, 11) is 0. The third-order valence-corrected chi connectivity index (χ3v) is 6.62. The van der Waals surface area contributed by atoms with Gasteiger partial charge >= 0.3 is 5.69 Å². The maximum atomic E-state index is 13.5. The summed E-state index contributed by atoms with van der Waals surface area (Å²) in [5.74, 6) is -0.645. The molecule has 1 heterocycles. The van der Waals surface area contributed by atoms with Gasteiger partial charge in [0, 0.05) is 29.0 Å². The van der Waals surface area contributed by atoms with Crippen LogP contribution in [0.15, 0.2) is 59.7 Å². The van der Waals surface area contributed by atoms with Crippen LogP contribution < -0.4 is 15.7 Å². The average molecular weight is 462 g/mol. The SMILES string of the molecule is O=C(COc1ccc(Cl)c(F)c1)NC12CC(n3ccn(-c4ccc(Cl)cc4)c3=O)(C1)C2. The molecule has 6 rings (SSSR count). The molecule has 0 aliphatic heterocycles. The van der Waals surface area contributed by atoms with E-state index in [9.17, 15) is 14.0 Å². The van der Waals surface area contributed by atoms with Crippen molar-refractivity contribution in [2.45, 2.75) is 30.3 Å². The second kappa shape index (κ2) is 7.14. The van der Waals surface area contributed by atoms with E-state index in [0.29, 0.717) is 24.3 Å². The minimum absolute atomic E-state index is 0.00361. The smallest absolute Gasteiger partial charge is 0.333 e. The Morgan fingerprint density at radius 1 is 1.10 bits per heavy atom. The number of imidazole rings is 1. The minimum atomic E-state index is -0.600. The number of amides is 1. The molecule has 0 unspecified atom stereocenters. The molecule has 9 heteroatoms. The summed E-state index contributed by atoms with van der Waals surface area (Å²) in [4.78, 5) is 25.2. The van der Waals surface area contributed by atoms with Crippen LogP contribution in [0.5, 0.6) is 5.75 Å². The second-order valence-electron chi connectivity index (χ2n) is 8.24. The number of hydrogen-bond donors (Lipinski definition) is 1. The van der Waals surface area contributed by atoms with Crippen LogP contribution in [0.25, 0.3) is 5.69 Å². The molecule has 1 N–H and O–H groups in total. The molecule has 6 nitrogen and oxygen atoms in total. The summed E-state index contributed by atoms with van der Waals surface area (Å²) in [5.41, 5.74) is 0.0593. The molecule has 2 bridgehead atoms. The first-order chi connectivity index (χ1) is 14.8. The van der Waals surface area contributed by atoms with Crippen LogP contribution in [0.2, 0.25) is 10.0 Å². The number of aromatic nitrogens is 2. The van der Waals surface area contributed by atoms with Crippen LogP contribution in [-0.4, -0.2) is 27.2 Å². The number of ether oxygens (including phenoxy) is 1. The second-order valence-corrected chi connectivity index (χ2v) is 9.09. The number of benzene rings is 2. The standard InChI is InChI=1S/C22H18Cl2FN3O3/c23-14-1-3-15(4-2-14)27-7-8-28(20(27)30)22-11-21(12-22,13-22)26-19(29)10-31-16-5-6-17(24)18(25)9-16/h1-9H,10-13H2,(H,26,29). The Kier molecular flexibility index (Phi) is 4.64. The quantitative estimate of drug-likeness (QED) is 0.604. The molecule has 3 aromatic rings. The fraction of sp³-hybridized carbons (Fsp3) is 0.273. The van der Waals surface area contributed by atoms with E-state index in [1.165, 1.54) is 12.1 Å². The monoisotopic (exact) mass is 461 g/mol. The van der Waals surface area contributed by atoms with E-state index in [1.54, 1.807) is 45.8 Å². The van der Waals surface area contributed by atoms with Crippen molar-refractivity contribution in [2.75, 3.05) is 6.61 Å². The Morgan fingerprint density at radius 2 is 1.81 bits per heavy atom. The molecular weight excluding hydrogens is 444 g/mol. The van der Waals surface area contributed by atoms with Gasteiger partial charge < -0.3 is 10.1 Å². The zero-order valence-electron chi connectivity index (χ0n) is 16.3. The fourth-order valence-corrected chi connectivity index (χ4v) is 4.95. The van der Waals surface area contributed by atoms with E-state index in [0.717, 1.165) is 11.8 Å². The lowest BCUT2D eigenvalue weighted by Crippen LogP contribution is -2.80. The van der Waals surface area contributed by atoms with Crippen LogP contribution in [-0.2, 0) is 10.3 Å². The largest absolute Gasteiger partial charge is 0.484 e. The van der Waals surface area contributed by atoms with Gasteiger partial charge in [-0.15, -0.1) is 0 Å². The van der Waals surface area contributed by atoms with Gasteiger partial charge in [-0.1, -0.05) is 23.2 Å². The highest BCUT2D eigenvalue weighted by atomic mass is 35.5. The number of hydrogen-bond acceptors (Lipinski definition) is 3. The maximum absolute atomic E-state index is 13.5. The van der Waals surface area contributed by atoms with Crippen molar-refractivity contribution in [1.82, 2.24) is 14.5 Å². The lowest BCUT2D eigenvalue weighted by Gasteiger charge is -2.70. The molecule has 1 amide bonds. The molecular formula is C22H18Cl2FN3O3. The van der Waals surface area contributed by atoms with Gasteiger partial charge in [-0.25, -0.2) is 9.18 Å².